The van der Waals surface area contributed by atoms with Crippen molar-refractivity contribution in [3.05, 3.63) is 91.9 Å². The Balaban J connectivity index is 1.63. The monoisotopic (exact) mass is 516 g/mol. The lowest BCUT2D eigenvalue weighted by molar-refractivity contribution is -0.137. The van der Waals surface area contributed by atoms with Crippen LogP contribution in [0, 0.1) is 0 Å². The fourth-order valence-corrected chi connectivity index (χ4v) is 3.56. The van der Waals surface area contributed by atoms with E-state index in [1.807, 2.05) is 12.1 Å². The van der Waals surface area contributed by atoms with Gasteiger partial charge in [0.1, 0.15) is 6.61 Å². The normalized spacial score (nSPS) is 11.7. The van der Waals surface area contributed by atoms with Crippen molar-refractivity contribution in [3.63, 3.8) is 0 Å². The van der Waals surface area contributed by atoms with Gasteiger partial charge >= 0.3 is 6.18 Å². The molecule has 3 aromatic carbocycles. The largest absolute Gasteiger partial charge is 0.486 e. The van der Waals surface area contributed by atoms with Crippen LogP contribution < -0.4 is 10.2 Å². The Labute approximate surface area is 189 Å². The Morgan fingerprint density at radius 1 is 1.00 bits per heavy atom. The van der Waals surface area contributed by atoms with E-state index in [9.17, 15) is 13.2 Å². The van der Waals surface area contributed by atoms with Crippen LogP contribution in [0.1, 0.15) is 16.7 Å². The van der Waals surface area contributed by atoms with Gasteiger partial charge in [-0.3, -0.25) is 5.43 Å². The van der Waals surface area contributed by atoms with E-state index in [2.05, 4.69) is 26.5 Å². The van der Waals surface area contributed by atoms with Crippen LogP contribution in [0.15, 0.2) is 70.2 Å². The Hall–Kier alpha value is -2.22. The van der Waals surface area contributed by atoms with E-state index in [4.69, 9.17) is 27.9 Å². The van der Waals surface area contributed by atoms with Gasteiger partial charge in [0.15, 0.2) is 5.75 Å². The highest BCUT2D eigenvalue weighted by molar-refractivity contribution is 9.10. The van der Waals surface area contributed by atoms with E-state index < -0.39 is 11.7 Å². The molecule has 0 aliphatic carbocycles. The molecule has 0 bridgehead atoms. The van der Waals surface area contributed by atoms with E-state index in [1.54, 1.807) is 24.3 Å². The fraction of sp³-hybridized carbons (Fsp3) is 0.0952. The molecule has 0 atom stereocenters. The van der Waals surface area contributed by atoms with Gasteiger partial charge in [0.05, 0.1) is 27.0 Å². The van der Waals surface area contributed by atoms with Crippen LogP contribution in [0.5, 0.6) is 5.75 Å². The summed E-state index contributed by atoms with van der Waals surface area (Å²) in [5.74, 6) is 0.486. The topological polar surface area (TPSA) is 33.6 Å². The molecule has 0 radical (unpaired) electrons. The quantitative estimate of drug-likeness (QED) is 0.267. The van der Waals surface area contributed by atoms with Gasteiger partial charge in [-0.15, -0.1) is 0 Å². The van der Waals surface area contributed by atoms with Crippen molar-refractivity contribution in [1.82, 2.24) is 0 Å². The van der Waals surface area contributed by atoms with Gasteiger partial charge < -0.3 is 4.74 Å². The molecular weight excluding hydrogens is 504 g/mol. The van der Waals surface area contributed by atoms with Crippen molar-refractivity contribution in [2.75, 3.05) is 5.43 Å². The Morgan fingerprint density at radius 3 is 2.27 bits per heavy atom. The molecule has 0 saturated carbocycles. The second-order valence-electron chi connectivity index (χ2n) is 6.17. The molecule has 0 aliphatic rings. The summed E-state index contributed by atoms with van der Waals surface area (Å²) in [6.07, 6.45) is -2.88. The Morgan fingerprint density at radius 2 is 1.67 bits per heavy atom. The van der Waals surface area contributed by atoms with Gasteiger partial charge in [-0.2, -0.15) is 18.3 Å². The number of hydrazone groups is 1. The molecule has 0 spiro atoms. The number of benzene rings is 3. The number of hydrogen-bond acceptors (Lipinski definition) is 3. The first-order valence-electron chi connectivity index (χ1n) is 8.55. The maximum absolute atomic E-state index is 12.6. The van der Waals surface area contributed by atoms with Gasteiger partial charge in [-0.25, -0.2) is 0 Å². The average Bonchev–Trinajstić information content (AvgIpc) is 2.68. The van der Waals surface area contributed by atoms with Crippen molar-refractivity contribution in [2.24, 2.45) is 5.10 Å². The molecule has 0 aromatic heterocycles. The summed E-state index contributed by atoms with van der Waals surface area (Å²) in [5.41, 5.74) is 3.99. The molecule has 0 heterocycles. The number of halogens is 6. The summed E-state index contributed by atoms with van der Waals surface area (Å²) < 4.78 is 44.2. The second-order valence-corrected chi connectivity index (χ2v) is 7.87. The number of nitrogens with one attached hydrogen (secondary N) is 1. The minimum atomic E-state index is -4.37. The van der Waals surface area contributed by atoms with Crippen molar-refractivity contribution in [3.8, 4) is 5.75 Å². The SMILES string of the molecule is FC(F)(F)c1ccc(N/N=C/c2cc(Cl)c(OCc3ccc(Cl)cc3)c(Br)c2)cc1. The zero-order valence-electron chi connectivity index (χ0n) is 15.2. The van der Waals surface area contributed by atoms with E-state index in [1.165, 1.54) is 18.3 Å². The third-order valence-electron chi connectivity index (χ3n) is 3.94. The minimum Gasteiger partial charge on any atom is -0.486 e. The third-order valence-corrected chi connectivity index (χ3v) is 5.06. The first kappa shape index (κ1) is 22.5. The molecular formula is C21H14BrCl2F3N2O. The van der Waals surface area contributed by atoms with Gasteiger partial charge in [-0.05, 0) is 75.6 Å². The number of alkyl halides is 3. The summed E-state index contributed by atoms with van der Waals surface area (Å²) in [4.78, 5) is 0. The highest BCUT2D eigenvalue weighted by atomic mass is 79.9. The van der Waals surface area contributed by atoms with Crippen LogP contribution in [0.3, 0.4) is 0 Å². The average molecular weight is 518 g/mol. The van der Waals surface area contributed by atoms with E-state index >= 15 is 0 Å². The molecule has 3 rings (SSSR count). The second kappa shape index (κ2) is 9.73. The Kier molecular flexibility index (Phi) is 7.28. The van der Waals surface area contributed by atoms with E-state index in [0.717, 1.165) is 17.7 Å². The summed E-state index contributed by atoms with van der Waals surface area (Å²) in [7, 11) is 0. The fourth-order valence-electron chi connectivity index (χ4n) is 2.44. The van der Waals surface area contributed by atoms with E-state index in [-0.39, 0.29) is 0 Å². The summed E-state index contributed by atoms with van der Waals surface area (Å²) >= 11 is 15.6. The molecule has 30 heavy (non-hydrogen) atoms. The van der Waals surface area contributed by atoms with Gasteiger partial charge in [-0.1, -0.05) is 35.3 Å². The van der Waals surface area contributed by atoms with Gasteiger partial charge in [0.2, 0.25) is 0 Å². The van der Waals surface area contributed by atoms with Crippen LogP contribution in [0.25, 0.3) is 0 Å². The zero-order chi connectivity index (χ0) is 21.7. The molecule has 9 heteroatoms. The van der Waals surface area contributed by atoms with Crippen molar-refractivity contribution in [2.45, 2.75) is 12.8 Å². The lowest BCUT2D eigenvalue weighted by Gasteiger charge is -2.11. The van der Waals surface area contributed by atoms with Crippen molar-refractivity contribution >= 4 is 51.0 Å². The third kappa shape index (κ3) is 6.14. The van der Waals surface area contributed by atoms with Crippen LogP contribution in [-0.4, -0.2) is 6.21 Å². The van der Waals surface area contributed by atoms with Gasteiger partial charge in [0, 0.05) is 5.02 Å². The maximum Gasteiger partial charge on any atom is 0.416 e. The highest BCUT2D eigenvalue weighted by Crippen LogP contribution is 2.35. The predicted octanol–water partition coefficient (Wildman–Crippen LogP) is 7.80. The molecule has 0 fully saturated rings. The minimum absolute atomic E-state index is 0.318. The first-order chi connectivity index (χ1) is 14.2. The van der Waals surface area contributed by atoms with Crippen LogP contribution in [0.2, 0.25) is 10.0 Å². The molecule has 156 valence electrons. The number of anilines is 1. The Bertz CT molecular complexity index is 1020. The smallest absolute Gasteiger partial charge is 0.416 e. The molecule has 0 unspecified atom stereocenters. The summed E-state index contributed by atoms with van der Waals surface area (Å²) in [6.45, 7) is 0.318. The van der Waals surface area contributed by atoms with Crippen molar-refractivity contribution in [1.29, 1.82) is 0 Å². The molecule has 0 aliphatic heterocycles. The number of ether oxygens (including phenoxy) is 1. The number of hydrogen-bond donors (Lipinski definition) is 1. The first-order valence-corrected chi connectivity index (χ1v) is 10.1. The van der Waals surface area contributed by atoms with Crippen LogP contribution in [0.4, 0.5) is 18.9 Å². The number of rotatable bonds is 6. The highest BCUT2D eigenvalue weighted by Gasteiger charge is 2.29. The number of nitrogens with zero attached hydrogens (tertiary/aromatic N) is 1. The predicted molar refractivity (Wildman–Crippen MR) is 118 cm³/mol. The lowest BCUT2D eigenvalue weighted by Crippen LogP contribution is -2.04. The standard InChI is InChI=1S/C21H14BrCl2F3N2O/c22-18-9-14(11-28-29-17-7-3-15(4-8-17)21(25,26)27)10-19(24)20(18)30-12-13-1-5-16(23)6-2-13/h1-11,29H,12H2/b28-11+. The molecule has 0 amide bonds. The lowest BCUT2D eigenvalue weighted by atomic mass is 10.2. The van der Waals surface area contributed by atoms with E-state index in [0.29, 0.717) is 38.1 Å². The summed E-state index contributed by atoms with van der Waals surface area (Å²) in [5, 5.41) is 5.06. The molecule has 3 aromatic rings. The molecule has 3 nitrogen and oxygen atoms in total. The van der Waals surface area contributed by atoms with Crippen molar-refractivity contribution < 1.29 is 17.9 Å². The summed E-state index contributed by atoms with van der Waals surface area (Å²) in [6, 6.07) is 15.3. The van der Waals surface area contributed by atoms with Crippen LogP contribution >= 0.6 is 39.1 Å². The zero-order valence-corrected chi connectivity index (χ0v) is 18.3. The van der Waals surface area contributed by atoms with Gasteiger partial charge in [0.25, 0.3) is 0 Å². The van der Waals surface area contributed by atoms with Crippen LogP contribution in [-0.2, 0) is 12.8 Å². The molecule has 1 N–H and O–H groups in total. The molecule has 0 saturated heterocycles. The maximum atomic E-state index is 12.6.